The Morgan fingerprint density at radius 1 is 1.06 bits per heavy atom. The zero-order chi connectivity index (χ0) is 36.4. The van der Waals surface area contributed by atoms with Crippen molar-refractivity contribution in [1.29, 1.82) is 0 Å². The minimum absolute atomic E-state index is 0.0964. The lowest BCUT2D eigenvalue weighted by molar-refractivity contribution is -0.142. The number of benzene rings is 3. The van der Waals surface area contributed by atoms with Crippen molar-refractivity contribution in [2.45, 2.75) is 77.3 Å². The Kier molecular flexibility index (Phi) is 13.5. The summed E-state index contributed by atoms with van der Waals surface area (Å²) in [6, 6.07) is 16.9. The number of rotatable bonds is 8. The average Bonchev–Trinajstić information content (AvgIpc) is 3.08. The molecule has 1 heterocycles. The number of carbonyl (C=O) groups excluding carboxylic acids is 3. The Hall–Kier alpha value is -4.36. The molecule has 0 fully saturated rings. The lowest BCUT2D eigenvalue weighted by atomic mass is 10.0. The van der Waals surface area contributed by atoms with Gasteiger partial charge in [0.1, 0.15) is 5.75 Å². The molecule has 0 spiro atoms. The molecule has 10 nitrogen and oxygen atoms in total. The number of nitrogens with one attached hydrogen (secondary N) is 2. The van der Waals surface area contributed by atoms with Crippen LogP contribution in [0.4, 0.5) is 29.3 Å². The number of aliphatic hydroxyl groups excluding tert-OH is 1. The third-order valence-corrected chi connectivity index (χ3v) is 8.80. The average molecular weight is 701 g/mol. The van der Waals surface area contributed by atoms with E-state index in [-0.39, 0.29) is 54.7 Å². The van der Waals surface area contributed by atoms with E-state index in [2.05, 4.69) is 10.6 Å². The highest BCUT2D eigenvalue weighted by atomic mass is 19.4. The topological polar surface area (TPSA) is 120 Å². The van der Waals surface area contributed by atoms with E-state index in [0.717, 1.165) is 23.6 Å². The molecule has 4 rings (SSSR count). The highest BCUT2D eigenvalue weighted by molar-refractivity contribution is 6.02. The van der Waals surface area contributed by atoms with Crippen molar-refractivity contribution in [2.24, 2.45) is 5.92 Å². The smallest absolute Gasteiger partial charge is 0.389 e. The van der Waals surface area contributed by atoms with Gasteiger partial charge in [-0.2, -0.15) is 13.2 Å². The van der Waals surface area contributed by atoms with Crippen LogP contribution in [-0.2, 0) is 9.53 Å². The molecular formula is C37H47F3N4O6. The summed E-state index contributed by atoms with van der Waals surface area (Å²) in [6.07, 6.45) is -5.14. The van der Waals surface area contributed by atoms with Crippen LogP contribution in [0.1, 0.15) is 63.2 Å². The first-order valence-corrected chi connectivity index (χ1v) is 17.0. The van der Waals surface area contributed by atoms with Crippen molar-refractivity contribution in [3.05, 3.63) is 66.2 Å². The van der Waals surface area contributed by atoms with Gasteiger partial charge < -0.3 is 35.0 Å². The first-order chi connectivity index (χ1) is 23.8. The van der Waals surface area contributed by atoms with Gasteiger partial charge in [-0.15, -0.1) is 0 Å². The highest BCUT2D eigenvalue weighted by Crippen LogP contribution is 2.29. The van der Waals surface area contributed by atoms with Crippen LogP contribution in [0.25, 0.3) is 10.8 Å². The quantitative estimate of drug-likeness (QED) is 0.231. The minimum Gasteiger partial charge on any atom is -0.490 e. The molecule has 1 aliphatic heterocycles. The van der Waals surface area contributed by atoms with Crippen LogP contribution >= 0.6 is 0 Å². The molecule has 0 radical (unpaired) electrons. The zero-order valence-electron chi connectivity index (χ0n) is 29.0. The first kappa shape index (κ1) is 38.4. The Morgan fingerprint density at radius 3 is 2.54 bits per heavy atom. The number of alkyl halides is 3. The van der Waals surface area contributed by atoms with Crippen molar-refractivity contribution in [1.82, 2.24) is 9.80 Å². The number of amides is 4. The number of hydrogen-bond donors (Lipinski definition) is 3. The number of hydrogen-bond acceptors (Lipinski definition) is 6. The first-order valence-electron chi connectivity index (χ1n) is 17.0. The van der Waals surface area contributed by atoms with Crippen molar-refractivity contribution in [3.8, 4) is 5.75 Å². The molecule has 0 aliphatic carbocycles. The fraction of sp³-hybridized carbons (Fsp3) is 0.486. The molecule has 3 N–H and O–H groups in total. The van der Waals surface area contributed by atoms with E-state index in [1.54, 1.807) is 18.9 Å². The molecule has 0 unspecified atom stereocenters. The number of ether oxygens (including phenoxy) is 2. The number of anilines is 2. The van der Waals surface area contributed by atoms with E-state index in [1.807, 2.05) is 56.3 Å². The van der Waals surface area contributed by atoms with Gasteiger partial charge in [0.05, 0.1) is 42.5 Å². The summed E-state index contributed by atoms with van der Waals surface area (Å²) in [5.41, 5.74) is 0.921. The van der Waals surface area contributed by atoms with Gasteiger partial charge in [-0.3, -0.25) is 9.59 Å². The predicted octanol–water partition coefficient (Wildman–Crippen LogP) is 7.08. The summed E-state index contributed by atoms with van der Waals surface area (Å²) < 4.78 is 50.6. The molecule has 272 valence electrons. The maximum absolute atomic E-state index is 14.3. The maximum atomic E-state index is 14.3. The molecule has 0 bridgehead atoms. The summed E-state index contributed by atoms with van der Waals surface area (Å²) in [6.45, 7) is 5.91. The number of urea groups is 1. The SMILES string of the molecule is C[C@@H]1CN([C@H](C)CO)C(=O)c2cc(NC(=O)CCC(F)(F)F)ccc2O[C@@H](C)CCCCO[C@H]1CN(C)C(=O)Nc1cccc2ccccc12. The lowest BCUT2D eigenvalue weighted by Crippen LogP contribution is -2.48. The third kappa shape index (κ3) is 10.8. The summed E-state index contributed by atoms with van der Waals surface area (Å²) >= 11 is 0. The second-order valence-corrected chi connectivity index (χ2v) is 13.0. The van der Waals surface area contributed by atoms with Crippen LogP contribution in [0, 0.1) is 5.92 Å². The van der Waals surface area contributed by atoms with Crippen LogP contribution in [0.2, 0.25) is 0 Å². The van der Waals surface area contributed by atoms with Gasteiger partial charge in [0.15, 0.2) is 0 Å². The minimum atomic E-state index is -4.48. The van der Waals surface area contributed by atoms with Crippen molar-refractivity contribution >= 4 is 40.0 Å². The Balaban J connectivity index is 1.57. The van der Waals surface area contributed by atoms with Crippen molar-refractivity contribution in [2.75, 3.05) is 44.0 Å². The number of halogens is 3. The van der Waals surface area contributed by atoms with E-state index in [4.69, 9.17) is 9.47 Å². The Morgan fingerprint density at radius 2 is 1.80 bits per heavy atom. The van der Waals surface area contributed by atoms with Gasteiger partial charge >= 0.3 is 12.2 Å². The monoisotopic (exact) mass is 700 g/mol. The molecule has 0 saturated heterocycles. The number of fused-ring (bicyclic) bond motifs is 2. The fourth-order valence-electron chi connectivity index (χ4n) is 5.84. The van der Waals surface area contributed by atoms with Gasteiger partial charge in [-0.05, 0) is 62.8 Å². The second kappa shape index (κ2) is 17.5. The molecule has 3 aromatic rings. The van der Waals surface area contributed by atoms with Crippen LogP contribution < -0.4 is 15.4 Å². The molecular weight excluding hydrogens is 653 g/mol. The van der Waals surface area contributed by atoms with E-state index < -0.39 is 43.0 Å². The van der Waals surface area contributed by atoms with Gasteiger partial charge in [-0.25, -0.2) is 4.79 Å². The van der Waals surface area contributed by atoms with Crippen LogP contribution in [-0.4, -0.2) is 90.5 Å². The summed E-state index contributed by atoms with van der Waals surface area (Å²) in [5, 5.41) is 17.5. The van der Waals surface area contributed by atoms with Crippen LogP contribution in [0.5, 0.6) is 5.75 Å². The van der Waals surface area contributed by atoms with E-state index in [9.17, 15) is 32.7 Å². The molecule has 1 aliphatic rings. The van der Waals surface area contributed by atoms with Crippen LogP contribution in [0.15, 0.2) is 60.7 Å². The number of carbonyl (C=O) groups is 3. The van der Waals surface area contributed by atoms with E-state index >= 15 is 0 Å². The van der Waals surface area contributed by atoms with Gasteiger partial charge in [0.25, 0.3) is 5.91 Å². The number of nitrogens with zero attached hydrogens (tertiary/aromatic N) is 2. The highest BCUT2D eigenvalue weighted by Gasteiger charge is 2.32. The van der Waals surface area contributed by atoms with Crippen molar-refractivity contribution < 1.29 is 42.1 Å². The fourth-order valence-corrected chi connectivity index (χ4v) is 5.84. The Bertz CT molecular complexity index is 1610. The second-order valence-electron chi connectivity index (χ2n) is 13.0. The number of aliphatic hydroxyl groups is 1. The summed E-state index contributed by atoms with van der Waals surface area (Å²) in [4.78, 5) is 43.0. The summed E-state index contributed by atoms with van der Waals surface area (Å²) in [5.74, 6) is -1.39. The standard InChI is InChI=1S/C37H47F3N4O6/c1-24-21-44(25(2)23-45)35(47)30-20-28(41-34(46)17-18-37(38,39)40)15-16-32(30)50-26(3)10-7-8-19-49-33(24)22-43(4)36(48)42-31-14-9-12-27-11-5-6-13-29(27)31/h5-6,9,11-16,20,24-26,33,45H,7-8,10,17-19,21-23H2,1-4H3,(H,41,46)(H,42,48)/t24-,25-,26+,33+/m1/s1. The zero-order valence-corrected chi connectivity index (χ0v) is 29.0. The van der Waals surface area contributed by atoms with Crippen molar-refractivity contribution in [3.63, 3.8) is 0 Å². The lowest BCUT2D eigenvalue weighted by Gasteiger charge is -2.35. The van der Waals surface area contributed by atoms with Crippen LogP contribution in [0.3, 0.4) is 0 Å². The molecule has 4 atom stereocenters. The Labute approximate surface area is 290 Å². The molecule has 0 saturated carbocycles. The molecule has 50 heavy (non-hydrogen) atoms. The van der Waals surface area contributed by atoms with E-state index in [1.165, 1.54) is 23.1 Å². The number of likely N-dealkylation sites (N-methyl/N-ethyl adjacent to an activating group) is 1. The van der Waals surface area contributed by atoms with Gasteiger partial charge in [0, 0.05) is 50.2 Å². The molecule has 4 amide bonds. The maximum Gasteiger partial charge on any atom is 0.389 e. The predicted molar refractivity (Wildman–Crippen MR) is 186 cm³/mol. The van der Waals surface area contributed by atoms with Gasteiger partial charge in [-0.1, -0.05) is 43.3 Å². The normalized spacial score (nSPS) is 19.9. The molecule has 0 aromatic heterocycles. The summed E-state index contributed by atoms with van der Waals surface area (Å²) in [7, 11) is 1.68. The molecule has 3 aromatic carbocycles. The molecule has 13 heteroatoms. The third-order valence-electron chi connectivity index (χ3n) is 8.80. The largest absolute Gasteiger partial charge is 0.490 e. The van der Waals surface area contributed by atoms with E-state index in [0.29, 0.717) is 18.7 Å². The van der Waals surface area contributed by atoms with Gasteiger partial charge in [0.2, 0.25) is 5.91 Å².